The van der Waals surface area contributed by atoms with E-state index in [1.165, 1.54) is 5.69 Å². The van der Waals surface area contributed by atoms with Crippen molar-refractivity contribution in [3.63, 3.8) is 0 Å². The van der Waals surface area contributed by atoms with E-state index < -0.39 is 0 Å². The number of nitrogens with one attached hydrogen (secondary N) is 1. The van der Waals surface area contributed by atoms with Crippen LogP contribution < -0.4 is 5.32 Å². The molecule has 1 aromatic rings. The van der Waals surface area contributed by atoms with Crippen LogP contribution in [0, 0.1) is 5.92 Å². The number of rotatable bonds is 5. The lowest BCUT2D eigenvalue weighted by Crippen LogP contribution is -2.33. The van der Waals surface area contributed by atoms with Gasteiger partial charge in [0.25, 0.3) is 0 Å². The van der Waals surface area contributed by atoms with Gasteiger partial charge in [0, 0.05) is 44.6 Å². The molecule has 0 saturated carbocycles. The number of ether oxygens (including phenoxy) is 1. The van der Waals surface area contributed by atoms with Crippen molar-refractivity contribution in [3.8, 4) is 0 Å². The molecule has 0 spiro atoms. The van der Waals surface area contributed by atoms with Crippen molar-refractivity contribution in [2.45, 2.75) is 19.1 Å². The number of nitrogens with zero attached hydrogens (tertiary/aromatic N) is 1. The van der Waals surface area contributed by atoms with E-state index in [2.05, 4.69) is 16.0 Å². The minimum atomic E-state index is -0.289. The molecule has 1 fully saturated rings. The summed E-state index contributed by atoms with van der Waals surface area (Å²) in [6.45, 7) is 2.93. The molecule has 0 aliphatic carbocycles. The number of aliphatic hydroxyl groups excluding tert-OH is 1. The van der Waals surface area contributed by atoms with Crippen LogP contribution in [0.15, 0.2) is 18.3 Å². The summed E-state index contributed by atoms with van der Waals surface area (Å²) in [5.41, 5.74) is 1.23. The summed E-state index contributed by atoms with van der Waals surface area (Å²) < 4.78 is 7.34. The molecule has 90 valence electrons. The van der Waals surface area contributed by atoms with Gasteiger partial charge in [0.1, 0.15) is 0 Å². The molecule has 2 heterocycles. The zero-order valence-corrected chi connectivity index (χ0v) is 9.72. The molecule has 2 N–H and O–H groups in total. The second-order valence-electron chi connectivity index (χ2n) is 4.43. The van der Waals surface area contributed by atoms with Crippen molar-refractivity contribution in [2.24, 2.45) is 13.0 Å². The molecule has 0 amide bonds. The van der Waals surface area contributed by atoms with E-state index in [1.54, 1.807) is 0 Å². The lowest BCUT2D eigenvalue weighted by atomic mass is 10.0. The van der Waals surface area contributed by atoms with E-state index in [4.69, 9.17) is 4.74 Å². The van der Waals surface area contributed by atoms with Gasteiger partial charge in [0.15, 0.2) is 0 Å². The Morgan fingerprint density at radius 1 is 1.69 bits per heavy atom. The zero-order valence-electron chi connectivity index (χ0n) is 9.72. The number of hydrogen-bond donors (Lipinski definition) is 2. The molecule has 0 radical (unpaired) electrons. The average molecular weight is 224 g/mol. The lowest BCUT2D eigenvalue weighted by Gasteiger charge is -2.17. The summed E-state index contributed by atoms with van der Waals surface area (Å²) >= 11 is 0. The third kappa shape index (κ3) is 2.84. The molecule has 1 aliphatic heterocycles. The Hall–Kier alpha value is -0.840. The predicted molar refractivity (Wildman–Crippen MR) is 62.1 cm³/mol. The van der Waals surface area contributed by atoms with Gasteiger partial charge in [-0.2, -0.15) is 0 Å². The van der Waals surface area contributed by atoms with Crippen LogP contribution in [0.25, 0.3) is 0 Å². The van der Waals surface area contributed by atoms with Crippen molar-refractivity contribution < 1.29 is 9.84 Å². The maximum absolute atomic E-state index is 9.90. The molecule has 1 aliphatic rings. The van der Waals surface area contributed by atoms with Crippen molar-refractivity contribution in [1.29, 1.82) is 0 Å². The van der Waals surface area contributed by atoms with Gasteiger partial charge in [-0.15, -0.1) is 0 Å². The van der Waals surface area contributed by atoms with Crippen molar-refractivity contribution in [3.05, 3.63) is 24.0 Å². The van der Waals surface area contributed by atoms with E-state index in [0.717, 1.165) is 19.6 Å². The van der Waals surface area contributed by atoms with Gasteiger partial charge >= 0.3 is 0 Å². The fourth-order valence-electron chi connectivity index (χ4n) is 2.05. The first-order valence-corrected chi connectivity index (χ1v) is 5.84. The second kappa shape index (κ2) is 5.48. The summed E-state index contributed by atoms with van der Waals surface area (Å²) in [5.74, 6) is 0.306. The molecule has 0 aromatic carbocycles. The molecule has 16 heavy (non-hydrogen) atoms. The van der Waals surface area contributed by atoms with Gasteiger partial charge in [-0.1, -0.05) is 0 Å². The normalized spacial score (nSPS) is 22.5. The second-order valence-corrected chi connectivity index (χ2v) is 4.43. The molecule has 1 saturated heterocycles. The van der Waals surface area contributed by atoms with E-state index in [0.29, 0.717) is 19.1 Å². The van der Waals surface area contributed by atoms with Gasteiger partial charge in [0.05, 0.1) is 12.7 Å². The van der Waals surface area contributed by atoms with Gasteiger partial charge < -0.3 is 19.7 Å². The Bertz CT molecular complexity index is 319. The van der Waals surface area contributed by atoms with Crippen LogP contribution in [0.1, 0.15) is 12.1 Å². The van der Waals surface area contributed by atoms with Crippen molar-refractivity contribution in [2.75, 3.05) is 19.8 Å². The van der Waals surface area contributed by atoms with Crippen LogP contribution >= 0.6 is 0 Å². The largest absolute Gasteiger partial charge is 0.391 e. The molecule has 4 heteroatoms. The highest BCUT2D eigenvalue weighted by molar-refractivity contribution is 5.05. The zero-order chi connectivity index (χ0) is 11.4. The summed E-state index contributed by atoms with van der Waals surface area (Å²) in [5, 5.41) is 13.2. The highest BCUT2D eigenvalue weighted by Gasteiger charge is 2.23. The third-order valence-corrected chi connectivity index (χ3v) is 3.22. The number of hydrogen-bond acceptors (Lipinski definition) is 3. The van der Waals surface area contributed by atoms with Crippen LogP contribution in [-0.4, -0.2) is 35.5 Å². The van der Waals surface area contributed by atoms with Gasteiger partial charge in [-0.05, 0) is 18.6 Å². The first-order chi connectivity index (χ1) is 7.77. The van der Waals surface area contributed by atoms with E-state index in [-0.39, 0.29) is 6.10 Å². The Kier molecular flexibility index (Phi) is 3.98. The first-order valence-electron chi connectivity index (χ1n) is 5.84. The van der Waals surface area contributed by atoms with Crippen LogP contribution in [-0.2, 0) is 18.3 Å². The SMILES string of the molecule is Cn1cccc1CNCC(O)C1CCOC1. The monoisotopic (exact) mass is 224 g/mol. The van der Waals surface area contributed by atoms with Crippen LogP contribution in [0.3, 0.4) is 0 Å². The molecular weight excluding hydrogens is 204 g/mol. The van der Waals surface area contributed by atoms with Crippen LogP contribution in [0.4, 0.5) is 0 Å². The molecule has 1 aromatic heterocycles. The Labute approximate surface area is 96.2 Å². The fraction of sp³-hybridized carbons (Fsp3) is 0.667. The van der Waals surface area contributed by atoms with Gasteiger partial charge in [-0.25, -0.2) is 0 Å². The Balaban J connectivity index is 1.69. The molecule has 0 bridgehead atoms. The highest BCUT2D eigenvalue weighted by atomic mass is 16.5. The summed E-state index contributed by atoms with van der Waals surface area (Å²) in [7, 11) is 2.03. The van der Waals surface area contributed by atoms with Gasteiger partial charge in [-0.3, -0.25) is 0 Å². The Morgan fingerprint density at radius 2 is 2.56 bits per heavy atom. The molecule has 4 nitrogen and oxygen atoms in total. The van der Waals surface area contributed by atoms with E-state index in [1.807, 2.05) is 19.3 Å². The van der Waals surface area contributed by atoms with Crippen molar-refractivity contribution in [1.82, 2.24) is 9.88 Å². The smallest absolute Gasteiger partial charge is 0.0715 e. The average Bonchev–Trinajstić information content (AvgIpc) is 2.90. The number of aryl methyl sites for hydroxylation is 1. The van der Waals surface area contributed by atoms with E-state index >= 15 is 0 Å². The minimum Gasteiger partial charge on any atom is -0.391 e. The molecular formula is C12H20N2O2. The maximum Gasteiger partial charge on any atom is 0.0715 e. The number of aromatic nitrogens is 1. The van der Waals surface area contributed by atoms with Gasteiger partial charge in [0.2, 0.25) is 0 Å². The van der Waals surface area contributed by atoms with E-state index in [9.17, 15) is 5.11 Å². The summed E-state index contributed by atoms with van der Waals surface area (Å²) in [4.78, 5) is 0. The molecule has 2 unspecified atom stereocenters. The first kappa shape index (κ1) is 11.6. The van der Waals surface area contributed by atoms with Crippen molar-refractivity contribution >= 4 is 0 Å². The van der Waals surface area contributed by atoms with Crippen LogP contribution in [0.2, 0.25) is 0 Å². The predicted octanol–water partition coefficient (Wildman–Crippen LogP) is 0.512. The quantitative estimate of drug-likeness (QED) is 0.766. The lowest BCUT2D eigenvalue weighted by molar-refractivity contribution is 0.0905. The topological polar surface area (TPSA) is 46.4 Å². The summed E-state index contributed by atoms with van der Waals surface area (Å²) in [6, 6.07) is 4.11. The molecule has 2 atom stereocenters. The fourth-order valence-corrected chi connectivity index (χ4v) is 2.05. The standard InChI is InChI=1S/C12H20N2O2/c1-14-5-2-3-11(14)7-13-8-12(15)10-4-6-16-9-10/h2-3,5,10,12-13,15H,4,6-9H2,1H3. The maximum atomic E-state index is 9.90. The Morgan fingerprint density at radius 3 is 3.19 bits per heavy atom. The third-order valence-electron chi connectivity index (χ3n) is 3.22. The highest BCUT2D eigenvalue weighted by Crippen LogP contribution is 2.16. The van der Waals surface area contributed by atoms with Crippen LogP contribution in [0.5, 0.6) is 0 Å². The minimum absolute atomic E-state index is 0.289. The number of aliphatic hydroxyl groups is 1. The summed E-state index contributed by atoms with van der Waals surface area (Å²) in [6.07, 6.45) is 2.72. The molecule has 2 rings (SSSR count).